The van der Waals surface area contributed by atoms with Gasteiger partial charge in [0, 0.05) is 32.2 Å². The molecule has 4 rings (SSSR count). The van der Waals surface area contributed by atoms with Crippen LogP contribution >= 0.6 is 24.0 Å². The van der Waals surface area contributed by atoms with Crippen LogP contribution in [0.5, 0.6) is 11.5 Å². The maximum absolute atomic E-state index is 5.82. The van der Waals surface area contributed by atoms with Crippen molar-refractivity contribution in [2.75, 3.05) is 40.0 Å². The molecule has 0 bridgehead atoms. The van der Waals surface area contributed by atoms with Gasteiger partial charge in [-0.25, -0.2) is 0 Å². The van der Waals surface area contributed by atoms with Crippen molar-refractivity contribution in [1.82, 2.24) is 10.6 Å². The molecule has 1 saturated heterocycles. The molecule has 2 aliphatic heterocycles. The monoisotopic (exact) mass is 501 g/mol. The Labute approximate surface area is 184 Å². The molecule has 1 aromatic carbocycles. The molecule has 28 heavy (non-hydrogen) atoms. The number of fused-ring (bicyclic) bond motifs is 1. The molecule has 2 heterocycles. The molecular weight excluding hydrogens is 469 g/mol. The highest BCUT2D eigenvalue weighted by Crippen LogP contribution is 2.43. The molecule has 1 aromatic rings. The lowest BCUT2D eigenvalue weighted by Crippen LogP contribution is -2.46. The number of hydrogen-bond acceptors (Lipinski definition) is 4. The van der Waals surface area contributed by atoms with Crippen molar-refractivity contribution < 1.29 is 14.2 Å². The molecule has 6 nitrogen and oxygen atoms in total. The van der Waals surface area contributed by atoms with Crippen LogP contribution in [0.3, 0.4) is 0 Å². The summed E-state index contributed by atoms with van der Waals surface area (Å²) in [6.07, 6.45) is 7.49. The van der Waals surface area contributed by atoms with Crippen LogP contribution in [-0.2, 0) is 10.2 Å². The Morgan fingerprint density at radius 1 is 1.07 bits per heavy atom. The summed E-state index contributed by atoms with van der Waals surface area (Å²) < 4.78 is 17.2. The summed E-state index contributed by atoms with van der Waals surface area (Å²) in [5, 5.41) is 6.99. The molecule has 0 amide bonds. The van der Waals surface area contributed by atoms with Crippen molar-refractivity contribution >= 4 is 29.9 Å². The van der Waals surface area contributed by atoms with E-state index in [-0.39, 0.29) is 29.4 Å². The molecule has 7 heteroatoms. The number of ether oxygens (including phenoxy) is 3. The van der Waals surface area contributed by atoms with Crippen molar-refractivity contribution in [3.63, 3.8) is 0 Å². The third kappa shape index (κ3) is 4.84. The van der Waals surface area contributed by atoms with E-state index in [1.165, 1.54) is 31.2 Å². The van der Waals surface area contributed by atoms with Crippen LogP contribution in [0, 0.1) is 0 Å². The van der Waals surface area contributed by atoms with Crippen LogP contribution in [0.1, 0.15) is 44.1 Å². The Bertz CT molecular complexity index is 671. The Balaban J connectivity index is 0.00000225. The van der Waals surface area contributed by atoms with E-state index < -0.39 is 0 Å². The number of nitrogens with zero attached hydrogens (tertiary/aromatic N) is 1. The van der Waals surface area contributed by atoms with Gasteiger partial charge in [0.1, 0.15) is 13.2 Å². The second-order valence-corrected chi connectivity index (χ2v) is 7.79. The van der Waals surface area contributed by atoms with Crippen molar-refractivity contribution in [1.29, 1.82) is 0 Å². The van der Waals surface area contributed by atoms with Crippen LogP contribution in [-0.4, -0.2) is 52.0 Å². The fourth-order valence-electron chi connectivity index (χ4n) is 4.48. The van der Waals surface area contributed by atoms with Crippen molar-refractivity contribution in [3.8, 4) is 11.5 Å². The van der Waals surface area contributed by atoms with Gasteiger partial charge in [-0.15, -0.1) is 24.0 Å². The number of guanidine groups is 1. The van der Waals surface area contributed by atoms with Gasteiger partial charge in [0.25, 0.3) is 0 Å². The zero-order chi connectivity index (χ0) is 18.5. The van der Waals surface area contributed by atoms with Crippen LogP contribution < -0.4 is 20.1 Å². The van der Waals surface area contributed by atoms with Gasteiger partial charge < -0.3 is 24.8 Å². The van der Waals surface area contributed by atoms with E-state index in [4.69, 9.17) is 14.2 Å². The van der Waals surface area contributed by atoms with Crippen molar-refractivity contribution in [2.24, 2.45) is 4.99 Å². The zero-order valence-corrected chi connectivity index (χ0v) is 19.0. The summed E-state index contributed by atoms with van der Waals surface area (Å²) in [5.41, 5.74) is 1.46. The average Bonchev–Trinajstić information content (AvgIpc) is 3.40. The third-order valence-corrected chi connectivity index (χ3v) is 6.05. The quantitative estimate of drug-likeness (QED) is 0.369. The molecule has 1 unspecified atom stereocenters. The van der Waals surface area contributed by atoms with Gasteiger partial charge in [-0.2, -0.15) is 0 Å². The van der Waals surface area contributed by atoms with E-state index in [2.05, 4.69) is 33.8 Å². The minimum atomic E-state index is 0. The van der Waals surface area contributed by atoms with Gasteiger partial charge in [0.2, 0.25) is 0 Å². The molecule has 3 aliphatic rings. The highest BCUT2D eigenvalue weighted by Gasteiger charge is 2.36. The number of rotatable bonds is 5. The molecular formula is C21H32IN3O3. The summed E-state index contributed by atoms with van der Waals surface area (Å²) in [5.74, 6) is 2.60. The molecule has 1 aliphatic carbocycles. The minimum Gasteiger partial charge on any atom is -0.486 e. The molecule has 1 saturated carbocycles. The van der Waals surface area contributed by atoms with Crippen molar-refractivity contribution in [3.05, 3.63) is 23.8 Å². The summed E-state index contributed by atoms with van der Waals surface area (Å²) in [6.45, 7) is 3.83. The lowest BCUT2D eigenvalue weighted by Gasteiger charge is -2.32. The predicted octanol–water partition coefficient (Wildman–Crippen LogP) is 3.23. The lowest BCUT2D eigenvalue weighted by atomic mass is 9.78. The number of benzene rings is 1. The average molecular weight is 501 g/mol. The predicted molar refractivity (Wildman–Crippen MR) is 121 cm³/mol. The Morgan fingerprint density at radius 2 is 1.86 bits per heavy atom. The highest BCUT2D eigenvalue weighted by atomic mass is 127. The molecule has 156 valence electrons. The Hall–Kier alpha value is -1.22. The first kappa shape index (κ1) is 21.5. The standard InChI is InChI=1S/C21H31N3O3.HI/c1-22-20(23-14-17-5-4-10-25-17)24-15-21(8-2-3-9-21)16-6-7-18-19(13-16)27-12-11-26-18;/h6-7,13,17H,2-5,8-12,14-15H2,1H3,(H2,22,23,24);1H. The first-order valence-corrected chi connectivity index (χ1v) is 10.3. The van der Waals surface area contributed by atoms with Gasteiger partial charge in [0.05, 0.1) is 6.10 Å². The smallest absolute Gasteiger partial charge is 0.191 e. The molecule has 0 radical (unpaired) electrons. The second kappa shape index (κ2) is 10.0. The maximum atomic E-state index is 5.82. The van der Waals surface area contributed by atoms with Gasteiger partial charge in [0.15, 0.2) is 17.5 Å². The normalized spacial score (nSPS) is 23.2. The minimum absolute atomic E-state index is 0. The van der Waals surface area contributed by atoms with Crippen molar-refractivity contribution in [2.45, 2.75) is 50.0 Å². The largest absolute Gasteiger partial charge is 0.486 e. The fraction of sp³-hybridized carbons (Fsp3) is 0.667. The van der Waals surface area contributed by atoms with Crippen LogP contribution in [0.15, 0.2) is 23.2 Å². The number of nitrogens with one attached hydrogen (secondary N) is 2. The molecule has 2 N–H and O–H groups in total. The molecule has 0 aromatic heterocycles. The molecule has 0 spiro atoms. The number of hydrogen-bond donors (Lipinski definition) is 2. The molecule has 1 atom stereocenters. The summed E-state index contributed by atoms with van der Waals surface area (Å²) in [7, 11) is 1.83. The maximum Gasteiger partial charge on any atom is 0.191 e. The van der Waals surface area contributed by atoms with E-state index >= 15 is 0 Å². The molecule has 2 fully saturated rings. The van der Waals surface area contributed by atoms with Crippen LogP contribution in [0.2, 0.25) is 0 Å². The van der Waals surface area contributed by atoms with E-state index in [1.807, 2.05) is 7.05 Å². The third-order valence-electron chi connectivity index (χ3n) is 6.05. The first-order chi connectivity index (χ1) is 13.3. The van der Waals surface area contributed by atoms with E-state index in [0.29, 0.717) is 19.3 Å². The summed E-state index contributed by atoms with van der Waals surface area (Å²) >= 11 is 0. The number of halogens is 1. The summed E-state index contributed by atoms with van der Waals surface area (Å²) in [4.78, 5) is 4.40. The van der Waals surface area contributed by atoms with Crippen LogP contribution in [0.25, 0.3) is 0 Å². The highest BCUT2D eigenvalue weighted by molar-refractivity contribution is 14.0. The van der Waals surface area contributed by atoms with E-state index in [1.54, 1.807) is 0 Å². The van der Waals surface area contributed by atoms with E-state index in [9.17, 15) is 0 Å². The Morgan fingerprint density at radius 3 is 2.57 bits per heavy atom. The SMILES string of the molecule is CN=C(NCC1CCCO1)NCC1(c2ccc3c(c2)OCCO3)CCCC1.I. The Kier molecular flexibility index (Phi) is 7.68. The lowest BCUT2D eigenvalue weighted by molar-refractivity contribution is 0.113. The van der Waals surface area contributed by atoms with Gasteiger partial charge in [-0.3, -0.25) is 4.99 Å². The summed E-state index contributed by atoms with van der Waals surface area (Å²) in [6, 6.07) is 6.46. The van der Waals surface area contributed by atoms with Gasteiger partial charge in [-0.1, -0.05) is 18.9 Å². The number of aliphatic imine (C=N–C) groups is 1. The topological polar surface area (TPSA) is 64.1 Å². The van der Waals surface area contributed by atoms with Gasteiger partial charge >= 0.3 is 0 Å². The van der Waals surface area contributed by atoms with E-state index in [0.717, 1.165) is 50.0 Å². The van der Waals surface area contributed by atoms with Crippen LogP contribution in [0.4, 0.5) is 0 Å². The zero-order valence-electron chi connectivity index (χ0n) is 16.7. The fourth-order valence-corrected chi connectivity index (χ4v) is 4.48. The van der Waals surface area contributed by atoms with Gasteiger partial charge in [-0.05, 0) is 43.4 Å². The second-order valence-electron chi connectivity index (χ2n) is 7.79. The first-order valence-electron chi connectivity index (χ1n) is 10.3.